The van der Waals surface area contributed by atoms with Gasteiger partial charge in [-0.2, -0.15) is 13.2 Å². The highest BCUT2D eigenvalue weighted by atomic mass is 19.4. The summed E-state index contributed by atoms with van der Waals surface area (Å²) < 4.78 is 40.0. The fraction of sp³-hybridized carbons (Fsp3) is 1.00. The van der Waals surface area contributed by atoms with Crippen LogP contribution in [0.25, 0.3) is 0 Å². The van der Waals surface area contributed by atoms with Gasteiger partial charge in [0.05, 0.1) is 6.61 Å². The first kappa shape index (κ1) is 13.7. The van der Waals surface area contributed by atoms with Crippen LogP contribution in [0.4, 0.5) is 13.2 Å². The fourth-order valence-corrected chi connectivity index (χ4v) is 0.897. The summed E-state index contributed by atoms with van der Waals surface area (Å²) in [7, 11) is 0. The lowest BCUT2D eigenvalue weighted by Crippen LogP contribution is -2.26. The van der Waals surface area contributed by atoms with E-state index < -0.39 is 12.6 Å². The van der Waals surface area contributed by atoms with Gasteiger partial charge in [0.2, 0.25) is 0 Å². The second-order valence-corrected chi connectivity index (χ2v) is 3.44. The van der Waals surface area contributed by atoms with Gasteiger partial charge in [-0.3, -0.25) is 0 Å². The van der Waals surface area contributed by atoms with Crippen LogP contribution >= 0.6 is 0 Å². The van der Waals surface area contributed by atoms with Crippen LogP contribution in [-0.2, 0) is 4.74 Å². The summed E-state index contributed by atoms with van der Waals surface area (Å²) in [6, 6.07) is 0.383. The molecule has 86 valence electrons. The Hall–Kier alpha value is -0.290. The summed E-state index contributed by atoms with van der Waals surface area (Å²) in [6.07, 6.45) is -4.77. The van der Waals surface area contributed by atoms with Crippen LogP contribution < -0.4 is 5.32 Å². The molecule has 2 nitrogen and oxygen atoms in total. The molecule has 0 aliphatic carbocycles. The number of nitrogens with one attached hydrogen (secondary N) is 1. The van der Waals surface area contributed by atoms with E-state index in [1.165, 1.54) is 0 Å². The van der Waals surface area contributed by atoms with E-state index in [1.54, 1.807) is 0 Å². The summed E-state index contributed by atoms with van der Waals surface area (Å²) in [5, 5.41) is 3.11. The van der Waals surface area contributed by atoms with Crippen LogP contribution in [0, 0.1) is 0 Å². The van der Waals surface area contributed by atoms with Gasteiger partial charge in [0.1, 0.15) is 0 Å². The van der Waals surface area contributed by atoms with Crippen molar-refractivity contribution >= 4 is 0 Å². The van der Waals surface area contributed by atoms with Crippen molar-refractivity contribution in [2.24, 2.45) is 0 Å². The molecule has 14 heavy (non-hydrogen) atoms. The van der Waals surface area contributed by atoms with Gasteiger partial charge in [-0.05, 0) is 6.42 Å². The molecular weight excluding hydrogens is 195 g/mol. The number of halogens is 3. The molecule has 0 aliphatic heterocycles. The van der Waals surface area contributed by atoms with Crippen LogP contribution in [0.5, 0.6) is 0 Å². The molecular formula is C9H18F3NO. The van der Waals surface area contributed by atoms with Gasteiger partial charge < -0.3 is 10.1 Å². The highest BCUT2D eigenvalue weighted by molar-refractivity contribution is 4.52. The standard InChI is InChI=1S/C9H18F3NO/c1-8(2)13-5-7-14-6-3-4-9(10,11)12/h8,13H,3-7H2,1-2H3. The van der Waals surface area contributed by atoms with Crippen molar-refractivity contribution in [3.63, 3.8) is 0 Å². The van der Waals surface area contributed by atoms with Crippen molar-refractivity contribution in [3.05, 3.63) is 0 Å². The Bertz CT molecular complexity index is 137. The molecule has 0 fully saturated rings. The van der Waals surface area contributed by atoms with E-state index in [9.17, 15) is 13.2 Å². The van der Waals surface area contributed by atoms with Crippen LogP contribution in [0.2, 0.25) is 0 Å². The van der Waals surface area contributed by atoms with Gasteiger partial charge >= 0.3 is 6.18 Å². The lowest BCUT2D eigenvalue weighted by Gasteiger charge is -2.09. The van der Waals surface area contributed by atoms with Gasteiger partial charge in [-0.25, -0.2) is 0 Å². The third-order valence-electron chi connectivity index (χ3n) is 1.55. The molecule has 0 saturated carbocycles. The summed E-state index contributed by atoms with van der Waals surface area (Å²) in [4.78, 5) is 0. The van der Waals surface area contributed by atoms with E-state index in [-0.39, 0.29) is 13.0 Å². The van der Waals surface area contributed by atoms with Crippen molar-refractivity contribution in [1.29, 1.82) is 0 Å². The molecule has 0 heterocycles. The highest BCUT2D eigenvalue weighted by Gasteiger charge is 2.25. The lowest BCUT2D eigenvalue weighted by molar-refractivity contribution is -0.137. The minimum Gasteiger partial charge on any atom is -0.380 e. The highest BCUT2D eigenvalue weighted by Crippen LogP contribution is 2.20. The van der Waals surface area contributed by atoms with Crippen molar-refractivity contribution in [3.8, 4) is 0 Å². The maximum atomic E-state index is 11.7. The molecule has 0 radical (unpaired) electrons. The van der Waals surface area contributed by atoms with Crippen LogP contribution in [0.1, 0.15) is 26.7 Å². The quantitative estimate of drug-likeness (QED) is 0.655. The molecule has 0 bridgehead atoms. The monoisotopic (exact) mass is 213 g/mol. The number of alkyl halides is 3. The predicted molar refractivity (Wildman–Crippen MR) is 49.2 cm³/mol. The molecule has 0 saturated heterocycles. The second kappa shape index (κ2) is 7.06. The number of rotatable bonds is 7. The van der Waals surface area contributed by atoms with E-state index in [0.717, 1.165) is 0 Å². The Morgan fingerprint density at radius 3 is 2.36 bits per heavy atom. The molecule has 0 aromatic rings. The molecule has 0 aromatic carbocycles. The molecule has 1 N–H and O–H groups in total. The van der Waals surface area contributed by atoms with Crippen molar-refractivity contribution < 1.29 is 17.9 Å². The predicted octanol–water partition coefficient (Wildman–Crippen LogP) is 2.34. The van der Waals surface area contributed by atoms with E-state index in [1.807, 2.05) is 13.8 Å². The summed E-state index contributed by atoms with van der Waals surface area (Å²) >= 11 is 0. The largest absolute Gasteiger partial charge is 0.389 e. The first-order valence-corrected chi connectivity index (χ1v) is 4.79. The topological polar surface area (TPSA) is 21.3 Å². The first-order valence-electron chi connectivity index (χ1n) is 4.79. The molecule has 5 heteroatoms. The van der Waals surface area contributed by atoms with E-state index >= 15 is 0 Å². The Labute approximate surface area is 82.8 Å². The Morgan fingerprint density at radius 1 is 1.21 bits per heavy atom. The Balaban J connectivity index is 3.07. The second-order valence-electron chi connectivity index (χ2n) is 3.44. The number of hydrogen-bond donors (Lipinski definition) is 1. The van der Waals surface area contributed by atoms with Crippen molar-refractivity contribution in [1.82, 2.24) is 5.32 Å². The van der Waals surface area contributed by atoms with Gasteiger partial charge in [0, 0.05) is 25.6 Å². The molecule has 0 rings (SSSR count). The summed E-state index contributed by atoms with van der Waals surface area (Å²) in [5.74, 6) is 0. The molecule has 0 amide bonds. The normalized spacial score (nSPS) is 12.4. The molecule has 0 aliphatic rings. The maximum absolute atomic E-state index is 11.7. The Morgan fingerprint density at radius 2 is 1.86 bits per heavy atom. The smallest absolute Gasteiger partial charge is 0.380 e. The van der Waals surface area contributed by atoms with Crippen LogP contribution in [0.15, 0.2) is 0 Å². The summed E-state index contributed by atoms with van der Waals surface area (Å²) in [5.41, 5.74) is 0. The van der Waals surface area contributed by atoms with Crippen LogP contribution in [-0.4, -0.2) is 32.0 Å². The number of ether oxygens (including phenoxy) is 1. The Kier molecular flexibility index (Phi) is 6.92. The average Bonchev–Trinajstić information content (AvgIpc) is 2.00. The lowest BCUT2D eigenvalue weighted by atomic mass is 10.3. The minimum atomic E-state index is -4.06. The average molecular weight is 213 g/mol. The molecule has 0 atom stereocenters. The SMILES string of the molecule is CC(C)NCCOCCCC(F)(F)F. The zero-order valence-corrected chi connectivity index (χ0v) is 8.66. The van der Waals surface area contributed by atoms with Gasteiger partial charge in [0.25, 0.3) is 0 Å². The van der Waals surface area contributed by atoms with E-state index in [4.69, 9.17) is 4.74 Å². The maximum Gasteiger partial charge on any atom is 0.389 e. The van der Waals surface area contributed by atoms with E-state index in [0.29, 0.717) is 19.2 Å². The third kappa shape index (κ3) is 11.7. The van der Waals surface area contributed by atoms with Gasteiger partial charge in [-0.1, -0.05) is 13.8 Å². The zero-order valence-electron chi connectivity index (χ0n) is 8.66. The minimum absolute atomic E-state index is 0.0468. The molecule has 0 aromatic heterocycles. The fourth-order valence-electron chi connectivity index (χ4n) is 0.897. The van der Waals surface area contributed by atoms with Crippen LogP contribution in [0.3, 0.4) is 0 Å². The number of hydrogen-bond acceptors (Lipinski definition) is 2. The summed E-state index contributed by atoms with van der Waals surface area (Å²) in [6.45, 7) is 5.34. The first-order chi connectivity index (χ1) is 6.42. The van der Waals surface area contributed by atoms with Crippen molar-refractivity contribution in [2.45, 2.75) is 38.9 Å². The molecule has 0 spiro atoms. The molecule has 0 unspecified atom stereocenters. The van der Waals surface area contributed by atoms with Crippen molar-refractivity contribution in [2.75, 3.05) is 19.8 Å². The zero-order chi connectivity index (χ0) is 11.0. The van der Waals surface area contributed by atoms with Gasteiger partial charge in [0.15, 0.2) is 0 Å². The third-order valence-corrected chi connectivity index (χ3v) is 1.55. The van der Waals surface area contributed by atoms with E-state index in [2.05, 4.69) is 5.32 Å². The van der Waals surface area contributed by atoms with Gasteiger partial charge in [-0.15, -0.1) is 0 Å².